The van der Waals surface area contributed by atoms with Crippen molar-refractivity contribution in [3.05, 3.63) is 48.5 Å². The summed E-state index contributed by atoms with van der Waals surface area (Å²) in [6.07, 6.45) is 1.91. The van der Waals surface area contributed by atoms with E-state index in [1.54, 1.807) is 36.4 Å². The Morgan fingerprint density at radius 3 is 1.50 bits per heavy atom. The Hall–Kier alpha value is -2.21. The summed E-state index contributed by atoms with van der Waals surface area (Å²) in [6, 6.07) is 12.8. The third kappa shape index (κ3) is 7.43. The molecule has 0 aliphatic rings. The molecular formula is C22H30O5S. The summed E-state index contributed by atoms with van der Waals surface area (Å²) >= 11 is 0. The average Bonchev–Trinajstić information content (AvgIpc) is 2.63. The average molecular weight is 407 g/mol. The lowest BCUT2D eigenvalue weighted by atomic mass is 10.1. The van der Waals surface area contributed by atoms with Crippen molar-refractivity contribution >= 4 is 10.1 Å². The quantitative estimate of drug-likeness (QED) is 0.474. The molecule has 5 nitrogen and oxygen atoms in total. The van der Waals surface area contributed by atoms with Gasteiger partial charge in [0.15, 0.2) is 0 Å². The lowest BCUT2D eigenvalue weighted by Gasteiger charge is -2.11. The van der Waals surface area contributed by atoms with Crippen LogP contribution in [0.5, 0.6) is 17.2 Å². The van der Waals surface area contributed by atoms with E-state index in [0.29, 0.717) is 36.5 Å². The minimum Gasteiger partial charge on any atom is -0.494 e. The highest BCUT2D eigenvalue weighted by molar-refractivity contribution is 7.87. The third-order valence-electron chi connectivity index (χ3n) is 4.07. The van der Waals surface area contributed by atoms with E-state index in [1.807, 2.05) is 0 Å². The number of hydrogen-bond acceptors (Lipinski definition) is 5. The fourth-order valence-corrected chi connectivity index (χ4v) is 3.22. The van der Waals surface area contributed by atoms with E-state index < -0.39 is 10.1 Å². The standard InChI is InChI=1S/C22H30O5S/c1-17(2)13-15-25-19-5-7-21(8-6-19)27-28(23,24)22-11-9-20(10-12-22)26-16-14-18(3)4/h5-12,17-18H,13-16H2,1-4H3. The Balaban J connectivity index is 1.93. The SMILES string of the molecule is CC(C)CCOc1ccc(OS(=O)(=O)c2ccc(OCCC(C)C)cc2)cc1. The normalized spacial score (nSPS) is 11.6. The van der Waals surface area contributed by atoms with E-state index in [4.69, 9.17) is 13.7 Å². The van der Waals surface area contributed by atoms with Gasteiger partial charge in [-0.1, -0.05) is 27.7 Å². The lowest BCUT2D eigenvalue weighted by Crippen LogP contribution is -2.10. The number of benzene rings is 2. The Kier molecular flexibility index (Phi) is 8.18. The third-order valence-corrected chi connectivity index (χ3v) is 5.33. The van der Waals surface area contributed by atoms with Crippen molar-refractivity contribution < 1.29 is 22.1 Å². The van der Waals surface area contributed by atoms with E-state index in [1.165, 1.54) is 12.1 Å². The van der Waals surface area contributed by atoms with Crippen molar-refractivity contribution in [2.24, 2.45) is 11.8 Å². The Morgan fingerprint density at radius 2 is 1.07 bits per heavy atom. The van der Waals surface area contributed by atoms with E-state index in [-0.39, 0.29) is 10.6 Å². The van der Waals surface area contributed by atoms with Crippen LogP contribution in [0.1, 0.15) is 40.5 Å². The van der Waals surface area contributed by atoms with Crippen LogP contribution in [0, 0.1) is 11.8 Å². The topological polar surface area (TPSA) is 61.8 Å². The van der Waals surface area contributed by atoms with Crippen LogP contribution >= 0.6 is 0 Å². The van der Waals surface area contributed by atoms with Crippen molar-refractivity contribution in [2.75, 3.05) is 13.2 Å². The van der Waals surface area contributed by atoms with Crippen LogP contribution in [0.15, 0.2) is 53.4 Å². The van der Waals surface area contributed by atoms with E-state index >= 15 is 0 Å². The highest BCUT2D eigenvalue weighted by atomic mass is 32.2. The molecule has 0 saturated carbocycles. The summed E-state index contributed by atoms with van der Waals surface area (Å²) in [5.41, 5.74) is 0. The van der Waals surface area contributed by atoms with Crippen molar-refractivity contribution in [3.63, 3.8) is 0 Å². The summed E-state index contributed by atoms with van der Waals surface area (Å²) in [5.74, 6) is 2.70. The van der Waals surface area contributed by atoms with Gasteiger partial charge in [0.05, 0.1) is 13.2 Å². The van der Waals surface area contributed by atoms with Gasteiger partial charge in [0.25, 0.3) is 0 Å². The Morgan fingerprint density at radius 1 is 0.679 bits per heavy atom. The van der Waals surface area contributed by atoms with Gasteiger partial charge in [0.2, 0.25) is 0 Å². The number of rotatable bonds is 11. The molecule has 0 bridgehead atoms. The van der Waals surface area contributed by atoms with Gasteiger partial charge in [-0.2, -0.15) is 8.42 Å². The van der Waals surface area contributed by atoms with Crippen molar-refractivity contribution in [2.45, 2.75) is 45.4 Å². The minimum atomic E-state index is -3.90. The number of hydrogen-bond donors (Lipinski definition) is 0. The van der Waals surface area contributed by atoms with E-state index in [0.717, 1.165) is 12.8 Å². The monoisotopic (exact) mass is 406 g/mol. The molecule has 0 aliphatic heterocycles. The fourth-order valence-electron chi connectivity index (χ4n) is 2.29. The summed E-state index contributed by atoms with van der Waals surface area (Å²) in [4.78, 5) is 0.0842. The van der Waals surface area contributed by atoms with Crippen LogP contribution < -0.4 is 13.7 Å². The molecule has 2 rings (SSSR count). The first-order chi connectivity index (χ1) is 13.3. The van der Waals surface area contributed by atoms with Gasteiger partial charge in [-0.3, -0.25) is 0 Å². The maximum atomic E-state index is 12.5. The molecule has 0 amide bonds. The van der Waals surface area contributed by atoms with Crippen LogP contribution in [-0.2, 0) is 10.1 Å². The summed E-state index contributed by atoms with van der Waals surface area (Å²) < 4.78 is 41.4. The molecule has 2 aromatic rings. The van der Waals surface area contributed by atoms with Crippen LogP contribution in [0.25, 0.3) is 0 Å². The van der Waals surface area contributed by atoms with Gasteiger partial charge in [-0.15, -0.1) is 0 Å². The largest absolute Gasteiger partial charge is 0.494 e. The van der Waals surface area contributed by atoms with Gasteiger partial charge in [0.1, 0.15) is 22.1 Å². The molecule has 0 unspecified atom stereocenters. The lowest BCUT2D eigenvalue weighted by molar-refractivity contribution is 0.289. The molecule has 0 saturated heterocycles. The molecule has 28 heavy (non-hydrogen) atoms. The number of ether oxygens (including phenoxy) is 2. The Labute approximate surface area is 168 Å². The van der Waals surface area contributed by atoms with Gasteiger partial charge < -0.3 is 13.7 Å². The zero-order valence-corrected chi connectivity index (χ0v) is 17.9. The molecule has 0 aliphatic carbocycles. The second-order valence-electron chi connectivity index (χ2n) is 7.54. The molecule has 6 heteroatoms. The highest BCUT2D eigenvalue weighted by Crippen LogP contribution is 2.23. The maximum absolute atomic E-state index is 12.5. The molecule has 0 fully saturated rings. The van der Waals surface area contributed by atoms with Crippen LogP contribution in [0.2, 0.25) is 0 Å². The van der Waals surface area contributed by atoms with Gasteiger partial charge in [0, 0.05) is 0 Å². The zero-order valence-electron chi connectivity index (χ0n) is 17.1. The smallest absolute Gasteiger partial charge is 0.339 e. The summed E-state index contributed by atoms with van der Waals surface area (Å²) in [7, 11) is -3.90. The molecule has 0 radical (unpaired) electrons. The second kappa shape index (κ2) is 10.4. The van der Waals surface area contributed by atoms with Gasteiger partial charge >= 0.3 is 10.1 Å². The molecule has 0 heterocycles. The molecule has 0 spiro atoms. The van der Waals surface area contributed by atoms with E-state index in [9.17, 15) is 8.42 Å². The highest BCUT2D eigenvalue weighted by Gasteiger charge is 2.17. The predicted octanol–water partition coefficient (Wildman–Crippen LogP) is 5.30. The fraction of sp³-hybridized carbons (Fsp3) is 0.455. The minimum absolute atomic E-state index is 0.0842. The maximum Gasteiger partial charge on any atom is 0.339 e. The summed E-state index contributed by atoms with van der Waals surface area (Å²) in [5, 5.41) is 0. The first kappa shape index (κ1) is 22.1. The second-order valence-corrected chi connectivity index (χ2v) is 9.09. The molecule has 0 N–H and O–H groups in total. The van der Waals surface area contributed by atoms with Crippen LogP contribution in [0.4, 0.5) is 0 Å². The Bertz CT molecular complexity index is 809. The van der Waals surface area contributed by atoms with Crippen molar-refractivity contribution in [3.8, 4) is 17.2 Å². The zero-order chi connectivity index (χ0) is 20.6. The van der Waals surface area contributed by atoms with Crippen molar-refractivity contribution in [1.29, 1.82) is 0 Å². The van der Waals surface area contributed by atoms with Gasteiger partial charge in [-0.05, 0) is 73.2 Å². The van der Waals surface area contributed by atoms with Crippen LogP contribution in [0.3, 0.4) is 0 Å². The first-order valence-corrected chi connectivity index (χ1v) is 11.1. The van der Waals surface area contributed by atoms with Crippen LogP contribution in [-0.4, -0.2) is 21.6 Å². The summed E-state index contributed by atoms with van der Waals surface area (Å²) in [6.45, 7) is 9.75. The predicted molar refractivity (Wildman–Crippen MR) is 111 cm³/mol. The molecule has 2 aromatic carbocycles. The molecule has 0 atom stereocenters. The molecule has 0 aromatic heterocycles. The van der Waals surface area contributed by atoms with Crippen molar-refractivity contribution in [1.82, 2.24) is 0 Å². The van der Waals surface area contributed by atoms with E-state index in [2.05, 4.69) is 27.7 Å². The molecule has 154 valence electrons. The molecular weight excluding hydrogens is 376 g/mol. The first-order valence-electron chi connectivity index (χ1n) is 9.66. The van der Waals surface area contributed by atoms with Gasteiger partial charge in [-0.25, -0.2) is 0 Å².